The lowest BCUT2D eigenvalue weighted by Crippen LogP contribution is -2.31. The van der Waals surface area contributed by atoms with Crippen LogP contribution in [0.3, 0.4) is 0 Å². The first-order valence-corrected chi connectivity index (χ1v) is 13.5. The molecule has 0 unspecified atom stereocenters. The maximum atomic E-state index is 12.1. The Balaban J connectivity index is 2.22. The van der Waals surface area contributed by atoms with Crippen molar-refractivity contribution in [2.24, 2.45) is 0 Å². The number of nitriles is 1. The van der Waals surface area contributed by atoms with Crippen LogP contribution < -0.4 is 10.2 Å². The van der Waals surface area contributed by atoms with E-state index in [1.807, 2.05) is 30.1 Å². The smallest absolute Gasteiger partial charge is 0.407 e. The summed E-state index contributed by atoms with van der Waals surface area (Å²) in [5.41, 5.74) is 0.856. The molecule has 0 heterocycles. The van der Waals surface area contributed by atoms with Crippen LogP contribution in [0.15, 0.2) is 29.8 Å². The predicted octanol–water partition coefficient (Wildman–Crippen LogP) is 4.93. The Bertz CT molecular complexity index is 893. The fraction of sp³-hybridized carbons (Fsp3) is 0.607. The Morgan fingerprint density at radius 2 is 1.66 bits per heavy atom. The fourth-order valence-electron chi connectivity index (χ4n) is 3.12. The van der Waals surface area contributed by atoms with E-state index in [0.717, 1.165) is 38.0 Å². The molecule has 1 rings (SSSR count). The minimum Gasteiger partial charge on any atom is -0.456 e. The number of alkyl halides is 1. The molecule has 0 aliphatic heterocycles. The van der Waals surface area contributed by atoms with Crippen LogP contribution >= 0.6 is 11.6 Å². The Morgan fingerprint density at radius 3 is 2.29 bits per heavy atom. The topological polar surface area (TPSA) is 110 Å². The lowest BCUT2D eigenvalue weighted by molar-refractivity contribution is -0.149. The highest BCUT2D eigenvalue weighted by Crippen LogP contribution is 2.17. The van der Waals surface area contributed by atoms with Crippen molar-refractivity contribution in [2.45, 2.75) is 52.1 Å². The standard InChI is InChI=1S/C28H42ClN3O6/c1-28(2,3)38-26(33)24(22-30)21-23-9-11-25(12-10-23)32(4)15-18-37-27(34)31-14-17-36-20-19-35-16-8-6-5-7-13-29/h9-12,21H,5-8,13-20H2,1-4H3,(H,31,34)/b24-21+. The number of halogens is 1. The van der Waals surface area contributed by atoms with Gasteiger partial charge in [-0.25, -0.2) is 9.59 Å². The number of hydrogen-bond acceptors (Lipinski definition) is 8. The van der Waals surface area contributed by atoms with Crippen molar-refractivity contribution in [3.8, 4) is 6.07 Å². The van der Waals surface area contributed by atoms with Gasteiger partial charge in [-0.05, 0) is 57.4 Å². The molecule has 0 bridgehead atoms. The van der Waals surface area contributed by atoms with E-state index >= 15 is 0 Å². The number of anilines is 1. The number of nitrogens with zero attached hydrogens (tertiary/aromatic N) is 2. The van der Waals surface area contributed by atoms with E-state index in [-0.39, 0.29) is 12.2 Å². The summed E-state index contributed by atoms with van der Waals surface area (Å²) in [7, 11) is 1.88. The van der Waals surface area contributed by atoms with Gasteiger partial charge in [0.15, 0.2) is 0 Å². The molecule has 0 saturated carbocycles. The highest BCUT2D eigenvalue weighted by atomic mass is 35.5. The summed E-state index contributed by atoms with van der Waals surface area (Å²) in [5.74, 6) is 0.0601. The molecule has 0 radical (unpaired) electrons. The number of unbranched alkanes of at least 4 members (excludes halogenated alkanes) is 3. The molecule has 212 valence electrons. The zero-order valence-corrected chi connectivity index (χ0v) is 23.8. The van der Waals surface area contributed by atoms with Gasteiger partial charge in [-0.2, -0.15) is 5.26 Å². The monoisotopic (exact) mass is 551 g/mol. The minimum atomic E-state index is -0.675. The summed E-state index contributed by atoms with van der Waals surface area (Å²) >= 11 is 5.64. The Hall–Kier alpha value is -2.80. The van der Waals surface area contributed by atoms with Gasteiger partial charge >= 0.3 is 12.1 Å². The fourth-order valence-corrected chi connectivity index (χ4v) is 3.31. The molecular weight excluding hydrogens is 510 g/mol. The average molecular weight is 552 g/mol. The number of rotatable bonds is 18. The van der Waals surface area contributed by atoms with Crippen LogP contribution in [0.1, 0.15) is 52.0 Å². The van der Waals surface area contributed by atoms with Crippen molar-refractivity contribution in [3.05, 3.63) is 35.4 Å². The van der Waals surface area contributed by atoms with Gasteiger partial charge in [-0.15, -0.1) is 11.6 Å². The SMILES string of the molecule is CN(CCOC(=O)NCCOCCOCCCCCCCl)c1ccc(/C=C(\C#N)C(=O)OC(C)(C)C)cc1. The van der Waals surface area contributed by atoms with Crippen LogP contribution in [0.5, 0.6) is 0 Å². The number of esters is 1. The zero-order chi connectivity index (χ0) is 28.2. The average Bonchev–Trinajstić information content (AvgIpc) is 2.87. The molecule has 10 heteroatoms. The van der Waals surface area contributed by atoms with Crippen molar-refractivity contribution in [3.63, 3.8) is 0 Å². The molecule has 1 N–H and O–H groups in total. The van der Waals surface area contributed by atoms with Crippen molar-refractivity contribution in [1.29, 1.82) is 5.26 Å². The van der Waals surface area contributed by atoms with Crippen LogP contribution in [0.4, 0.5) is 10.5 Å². The quantitative estimate of drug-likeness (QED) is 0.0899. The number of benzene rings is 1. The zero-order valence-electron chi connectivity index (χ0n) is 23.1. The van der Waals surface area contributed by atoms with Crippen LogP contribution in [0.2, 0.25) is 0 Å². The van der Waals surface area contributed by atoms with Crippen molar-refractivity contribution in [2.75, 3.05) is 64.0 Å². The van der Waals surface area contributed by atoms with Gasteiger partial charge in [0, 0.05) is 31.8 Å². The van der Waals surface area contributed by atoms with Crippen LogP contribution in [0, 0.1) is 11.3 Å². The van der Waals surface area contributed by atoms with E-state index in [1.165, 1.54) is 6.08 Å². The van der Waals surface area contributed by atoms with Crippen LogP contribution in [0.25, 0.3) is 6.08 Å². The molecule has 9 nitrogen and oxygen atoms in total. The summed E-state index contributed by atoms with van der Waals surface area (Å²) in [6.45, 7) is 8.43. The van der Waals surface area contributed by atoms with E-state index in [9.17, 15) is 14.9 Å². The highest BCUT2D eigenvalue weighted by molar-refractivity contribution is 6.17. The number of hydrogen-bond donors (Lipinski definition) is 1. The van der Waals surface area contributed by atoms with Gasteiger partial charge in [0.25, 0.3) is 0 Å². The van der Waals surface area contributed by atoms with E-state index in [2.05, 4.69) is 5.32 Å². The maximum absolute atomic E-state index is 12.1. The summed E-state index contributed by atoms with van der Waals surface area (Å²) < 4.78 is 21.4. The van der Waals surface area contributed by atoms with Gasteiger partial charge in [-0.1, -0.05) is 25.0 Å². The molecule has 0 aromatic heterocycles. The number of alkyl carbamates (subject to hydrolysis) is 1. The number of carbonyl (C=O) groups excluding carboxylic acids is 2. The summed E-state index contributed by atoms with van der Waals surface area (Å²) in [5, 5.41) is 12.0. The molecular formula is C28H42ClN3O6. The third-order valence-corrected chi connectivity index (χ3v) is 5.37. The van der Waals surface area contributed by atoms with Crippen LogP contribution in [-0.2, 0) is 23.7 Å². The molecule has 0 aliphatic carbocycles. The number of ether oxygens (including phenoxy) is 4. The van der Waals surface area contributed by atoms with Crippen LogP contribution in [-0.4, -0.2) is 76.7 Å². The van der Waals surface area contributed by atoms with Crippen molar-refractivity contribution >= 4 is 35.4 Å². The van der Waals surface area contributed by atoms with E-state index in [0.29, 0.717) is 44.4 Å². The van der Waals surface area contributed by atoms with Gasteiger partial charge in [0.1, 0.15) is 23.9 Å². The molecule has 1 aromatic rings. The van der Waals surface area contributed by atoms with Gasteiger partial charge in [-0.3, -0.25) is 0 Å². The largest absolute Gasteiger partial charge is 0.456 e. The summed E-state index contributed by atoms with van der Waals surface area (Å²) in [6, 6.07) is 9.21. The minimum absolute atomic E-state index is 0.0660. The second kappa shape index (κ2) is 19.3. The number of amides is 1. The summed E-state index contributed by atoms with van der Waals surface area (Å²) in [4.78, 5) is 25.9. The Labute approximate surface area is 232 Å². The Kier molecular flexibility index (Phi) is 16.9. The van der Waals surface area contributed by atoms with E-state index in [1.54, 1.807) is 32.9 Å². The Morgan fingerprint density at radius 1 is 1.00 bits per heavy atom. The molecule has 1 amide bonds. The maximum Gasteiger partial charge on any atom is 0.407 e. The second-order valence-corrected chi connectivity index (χ2v) is 9.95. The number of carbonyl (C=O) groups is 2. The van der Waals surface area contributed by atoms with Crippen molar-refractivity contribution in [1.82, 2.24) is 5.32 Å². The predicted molar refractivity (Wildman–Crippen MR) is 149 cm³/mol. The third-order valence-electron chi connectivity index (χ3n) is 5.10. The number of likely N-dealkylation sites (N-methyl/N-ethyl adjacent to an activating group) is 1. The lowest BCUT2D eigenvalue weighted by Gasteiger charge is -2.20. The summed E-state index contributed by atoms with van der Waals surface area (Å²) in [6.07, 6.45) is 5.34. The molecule has 0 saturated heterocycles. The first-order chi connectivity index (χ1) is 18.2. The molecule has 38 heavy (non-hydrogen) atoms. The van der Waals surface area contributed by atoms with Gasteiger partial charge < -0.3 is 29.2 Å². The first-order valence-electron chi connectivity index (χ1n) is 12.9. The molecule has 1 aromatic carbocycles. The second-order valence-electron chi connectivity index (χ2n) is 9.58. The number of nitrogens with one attached hydrogen (secondary N) is 1. The molecule has 0 atom stereocenters. The third kappa shape index (κ3) is 16.1. The highest BCUT2D eigenvalue weighted by Gasteiger charge is 2.19. The van der Waals surface area contributed by atoms with E-state index in [4.69, 9.17) is 30.5 Å². The van der Waals surface area contributed by atoms with Gasteiger partial charge in [0.05, 0.1) is 26.4 Å². The van der Waals surface area contributed by atoms with Gasteiger partial charge in [0.2, 0.25) is 0 Å². The van der Waals surface area contributed by atoms with Crippen molar-refractivity contribution < 1.29 is 28.5 Å². The molecule has 0 aliphatic rings. The first kappa shape index (κ1) is 33.2. The normalized spacial score (nSPS) is 11.5. The molecule has 0 spiro atoms. The molecule has 0 fully saturated rings. The van der Waals surface area contributed by atoms with E-state index < -0.39 is 17.7 Å². The lowest BCUT2D eigenvalue weighted by atomic mass is 10.1.